The minimum atomic E-state index is 1.08. The lowest BCUT2D eigenvalue weighted by Crippen LogP contribution is -1.86. The summed E-state index contributed by atoms with van der Waals surface area (Å²) in [5.74, 6) is 0. The van der Waals surface area contributed by atoms with Crippen LogP contribution in [-0.4, -0.2) is 4.98 Å². The Morgan fingerprint density at radius 3 is 2.94 bits per heavy atom. The van der Waals surface area contributed by atoms with Gasteiger partial charge in [-0.1, -0.05) is 37.3 Å². The number of rotatable bonds is 4. The van der Waals surface area contributed by atoms with Gasteiger partial charge in [-0.15, -0.1) is 0 Å². The monoisotopic (exact) mass is 211 g/mol. The van der Waals surface area contributed by atoms with Gasteiger partial charge in [0.2, 0.25) is 0 Å². The summed E-state index contributed by atoms with van der Waals surface area (Å²) >= 11 is 0. The number of nitrogens with zero attached hydrogens (tertiary/aromatic N) is 1. The molecule has 2 aromatic rings. The van der Waals surface area contributed by atoms with Crippen LogP contribution in [-0.2, 0) is 6.42 Å². The van der Waals surface area contributed by atoms with E-state index in [0.29, 0.717) is 0 Å². The number of allylic oxidation sites excluding steroid dienone is 2. The molecule has 0 aliphatic rings. The van der Waals surface area contributed by atoms with Gasteiger partial charge in [0.15, 0.2) is 0 Å². The molecule has 0 aliphatic carbocycles. The van der Waals surface area contributed by atoms with Crippen molar-refractivity contribution in [2.24, 2.45) is 0 Å². The zero-order valence-electron chi connectivity index (χ0n) is 9.69. The Morgan fingerprint density at radius 1 is 1.19 bits per heavy atom. The summed E-state index contributed by atoms with van der Waals surface area (Å²) < 4.78 is 0. The number of hydrogen-bond donors (Lipinski definition) is 0. The van der Waals surface area contributed by atoms with Crippen LogP contribution in [0, 0.1) is 0 Å². The molecule has 82 valence electrons. The van der Waals surface area contributed by atoms with Crippen molar-refractivity contribution in [2.75, 3.05) is 0 Å². The van der Waals surface area contributed by atoms with Crippen molar-refractivity contribution in [3.8, 4) is 0 Å². The molecule has 0 saturated carbocycles. The summed E-state index contributed by atoms with van der Waals surface area (Å²) in [5, 5.41) is 1.24. The molecule has 0 aliphatic heterocycles. The molecule has 0 spiro atoms. The molecule has 0 radical (unpaired) electrons. The molecular weight excluding hydrogens is 194 g/mol. The van der Waals surface area contributed by atoms with Crippen LogP contribution < -0.4 is 0 Å². The van der Waals surface area contributed by atoms with Crippen LogP contribution in [0.1, 0.15) is 25.3 Å². The van der Waals surface area contributed by atoms with Gasteiger partial charge >= 0.3 is 0 Å². The van der Waals surface area contributed by atoms with Crippen LogP contribution in [0.5, 0.6) is 0 Å². The van der Waals surface area contributed by atoms with Crippen LogP contribution >= 0.6 is 0 Å². The van der Waals surface area contributed by atoms with Gasteiger partial charge in [0, 0.05) is 11.6 Å². The molecule has 1 heteroatoms. The fraction of sp³-hybridized carbons (Fsp3) is 0.267. The van der Waals surface area contributed by atoms with Gasteiger partial charge in [-0.3, -0.25) is 4.98 Å². The van der Waals surface area contributed by atoms with Crippen molar-refractivity contribution in [3.05, 3.63) is 54.2 Å². The first-order valence-corrected chi connectivity index (χ1v) is 5.89. The van der Waals surface area contributed by atoms with Crippen LogP contribution in [0.2, 0.25) is 0 Å². The van der Waals surface area contributed by atoms with E-state index < -0.39 is 0 Å². The number of aryl methyl sites for hydroxylation is 1. The van der Waals surface area contributed by atoms with E-state index in [2.05, 4.69) is 48.3 Å². The Kier molecular flexibility index (Phi) is 3.71. The van der Waals surface area contributed by atoms with Crippen molar-refractivity contribution in [1.82, 2.24) is 4.98 Å². The van der Waals surface area contributed by atoms with Crippen molar-refractivity contribution >= 4 is 10.9 Å². The van der Waals surface area contributed by atoms with E-state index in [1.807, 2.05) is 12.3 Å². The van der Waals surface area contributed by atoms with Gasteiger partial charge in [-0.25, -0.2) is 0 Å². The Balaban J connectivity index is 2.10. The maximum Gasteiger partial charge on any atom is 0.0702 e. The quantitative estimate of drug-likeness (QED) is 0.693. The van der Waals surface area contributed by atoms with Crippen LogP contribution in [0.15, 0.2) is 48.7 Å². The van der Waals surface area contributed by atoms with E-state index in [9.17, 15) is 0 Å². The third kappa shape index (κ3) is 2.69. The number of pyridine rings is 1. The van der Waals surface area contributed by atoms with Gasteiger partial charge in [-0.05, 0) is 37.0 Å². The number of fused-ring (bicyclic) bond motifs is 1. The highest BCUT2D eigenvalue weighted by molar-refractivity contribution is 5.78. The molecule has 0 fully saturated rings. The Labute approximate surface area is 96.8 Å². The number of para-hydroxylation sites is 1. The first-order chi connectivity index (χ1) is 7.90. The average Bonchev–Trinajstić information content (AvgIpc) is 2.34. The molecule has 1 aromatic carbocycles. The predicted molar refractivity (Wildman–Crippen MR) is 69.5 cm³/mol. The smallest absolute Gasteiger partial charge is 0.0702 e. The Morgan fingerprint density at radius 2 is 2.06 bits per heavy atom. The summed E-state index contributed by atoms with van der Waals surface area (Å²) in [6, 6.07) is 10.5. The topological polar surface area (TPSA) is 12.9 Å². The van der Waals surface area contributed by atoms with Gasteiger partial charge < -0.3 is 0 Å². The highest BCUT2D eigenvalue weighted by Gasteiger charge is 1.96. The molecule has 0 bridgehead atoms. The first-order valence-electron chi connectivity index (χ1n) is 5.89. The minimum absolute atomic E-state index is 1.08. The molecular formula is C15H17N. The molecule has 0 atom stereocenters. The number of aromatic nitrogens is 1. The van der Waals surface area contributed by atoms with Gasteiger partial charge in [0.1, 0.15) is 0 Å². The molecule has 1 aromatic heterocycles. The number of benzene rings is 1. The summed E-state index contributed by atoms with van der Waals surface area (Å²) in [6.07, 6.45) is 9.75. The third-order valence-corrected chi connectivity index (χ3v) is 2.65. The fourth-order valence-corrected chi connectivity index (χ4v) is 1.79. The number of hydrogen-bond acceptors (Lipinski definition) is 1. The van der Waals surface area contributed by atoms with E-state index in [4.69, 9.17) is 0 Å². The van der Waals surface area contributed by atoms with Crippen LogP contribution in [0.4, 0.5) is 0 Å². The predicted octanol–water partition coefficient (Wildman–Crippen LogP) is 4.13. The van der Waals surface area contributed by atoms with Gasteiger partial charge in [0.05, 0.1) is 5.52 Å². The lowest BCUT2D eigenvalue weighted by Gasteiger charge is -2.01. The molecule has 16 heavy (non-hydrogen) atoms. The Hall–Kier alpha value is -1.63. The van der Waals surface area contributed by atoms with Crippen LogP contribution in [0.25, 0.3) is 10.9 Å². The SMILES string of the molecule is CC/C=C\CCc1cnc2ccccc2c1. The summed E-state index contributed by atoms with van der Waals surface area (Å²) in [7, 11) is 0. The molecule has 1 heterocycles. The summed E-state index contributed by atoms with van der Waals surface area (Å²) in [5.41, 5.74) is 2.40. The minimum Gasteiger partial charge on any atom is -0.256 e. The lowest BCUT2D eigenvalue weighted by atomic mass is 10.1. The highest BCUT2D eigenvalue weighted by atomic mass is 14.6. The van der Waals surface area contributed by atoms with Crippen molar-refractivity contribution < 1.29 is 0 Å². The van der Waals surface area contributed by atoms with E-state index >= 15 is 0 Å². The molecule has 0 unspecified atom stereocenters. The third-order valence-electron chi connectivity index (χ3n) is 2.65. The van der Waals surface area contributed by atoms with Crippen LogP contribution in [0.3, 0.4) is 0 Å². The molecule has 0 N–H and O–H groups in total. The van der Waals surface area contributed by atoms with Crippen molar-refractivity contribution in [2.45, 2.75) is 26.2 Å². The first kappa shape index (κ1) is 10.9. The molecule has 1 nitrogen and oxygen atoms in total. The fourth-order valence-electron chi connectivity index (χ4n) is 1.79. The molecule has 0 saturated heterocycles. The van der Waals surface area contributed by atoms with E-state index in [1.165, 1.54) is 10.9 Å². The zero-order chi connectivity index (χ0) is 11.2. The average molecular weight is 211 g/mol. The normalized spacial score (nSPS) is 11.3. The lowest BCUT2D eigenvalue weighted by molar-refractivity contribution is 0.985. The van der Waals surface area contributed by atoms with Gasteiger partial charge in [-0.2, -0.15) is 0 Å². The second-order valence-electron chi connectivity index (χ2n) is 3.95. The second kappa shape index (κ2) is 5.45. The highest BCUT2D eigenvalue weighted by Crippen LogP contribution is 2.13. The van der Waals surface area contributed by atoms with E-state index in [1.54, 1.807) is 0 Å². The standard InChI is InChI=1S/C15H17N/c1-2-3-4-5-8-13-11-14-9-6-7-10-15(14)16-12-13/h3-4,6-7,9-12H,2,5,8H2,1H3/b4-3-. The second-order valence-corrected chi connectivity index (χ2v) is 3.95. The van der Waals surface area contributed by atoms with Gasteiger partial charge in [0.25, 0.3) is 0 Å². The van der Waals surface area contributed by atoms with Crippen molar-refractivity contribution in [3.63, 3.8) is 0 Å². The maximum absolute atomic E-state index is 4.46. The summed E-state index contributed by atoms with van der Waals surface area (Å²) in [6.45, 7) is 2.16. The maximum atomic E-state index is 4.46. The largest absolute Gasteiger partial charge is 0.256 e. The van der Waals surface area contributed by atoms with Crippen molar-refractivity contribution in [1.29, 1.82) is 0 Å². The van der Waals surface area contributed by atoms with E-state index in [0.717, 1.165) is 24.8 Å². The summed E-state index contributed by atoms with van der Waals surface area (Å²) in [4.78, 5) is 4.46. The van der Waals surface area contributed by atoms with E-state index in [-0.39, 0.29) is 0 Å². The molecule has 0 amide bonds. The zero-order valence-corrected chi connectivity index (χ0v) is 9.69. The Bertz CT molecular complexity index is 486. The molecule has 2 rings (SSSR count).